The van der Waals surface area contributed by atoms with E-state index < -0.39 is 33.4 Å². The summed E-state index contributed by atoms with van der Waals surface area (Å²) in [5, 5.41) is 3.00. The third kappa shape index (κ3) is 6.31. The zero-order valence-electron chi connectivity index (χ0n) is 19.5. The Balaban J connectivity index is 1.92. The molecule has 10 nitrogen and oxygen atoms in total. The van der Waals surface area contributed by atoms with Gasteiger partial charge in [0, 0.05) is 50.3 Å². The van der Waals surface area contributed by atoms with Gasteiger partial charge in [0.1, 0.15) is 11.3 Å². The molecule has 0 radical (unpaired) electrons. The average Bonchev–Trinajstić information content (AvgIpc) is 2.77. The Hall–Kier alpha value is -3.57. The first-order valence-corrected chi connectivity index (χ1v) is 12.4. The van der Waals surface area contributed by atoms with Crippen molar-refractivity contribution in [3.8, 4) is 5.75 Å². The van der Waals surface area contributed by atoms with Crippen LogP contribution in [0, 0.1) is 6.92 Å². The van der Waals surface area contributed by atoms with Crippen molar-refractivity contribution in [2.24, 2.45) is 0 Å². The molecule has 1 aromatic heterocycles. The molecule has 0 atom stereocenters. The molecule has 3 aromatic rings. The summed E-state index contributed by atoms with van der Waals surface area (Å²) in [5.41, 5.74) is 1.49. The minimum Gasteiger partial charge on any atom is -0.422 e. The van der Waals surface area contributed by atoms with Crippen molar-refractivity contribution >= 4 is 50.3 Å². The van der Waals surface area contributed by atoms with Crippen LogP contribution in [0.25, 0.3) is 11.0 Å². The lowest BCUT2D eigenvalue weighted by molar-refractivity contribution is -0.118. The number of sulfonamides is 1. The smallest absolute Gasteiger partial charge is 0.414 e. The van der Waals surface area contributed by atoms with Crippen LogP contribution in [-0.2, 0) is 21.2 Å². The number of ether oxygens (including phenoxy) is 1. The maximum Gasteiger partial charge on any atom is 0.414 e. The highest BCUT2D eigenvalue weighted by atomic mass is 35.5. The molecule has 0 aliphatic rings. The third-order valence-corrected chi connectivity index (χ3v) is 6.57. The van der Waals surface area contributed by atoms with Crippen LogP contribution in [-0.4, -0.2) is 52.2 Å². The van der Waals surface area contributed by atoms with Gasteiger partial charge in [-0.2, -0.15) is 0 Å². The monoisotopic (exact) mass is 521 g/mol. The quantitative estimate of drug-likeness (QED) is 0.456. The number of nitrogens with zero attached hydrogens (tertiary/aromatic N) is 1. The Kier molecular flexibility index (Phi) is 7.71. The molecule has 2 aromatic carbocycles. The summed E-state index contributed by atoms with van der Waals surface area (Å²) in [6.45, 7) is 1.74. The number of carbonyl (C=O) groups is 2. The summed E-state index contributed by atoms with van der Waals surface area (Å²) in [6.07, 6.45) is -0.475. The molecule has 12 heteroatoms. The summed E-state index contributed by atoms with van der Waals surface area (Å²) in [5.74, 6) is -1.30. The number of nitrogens with one attached hydrogen (secondary N) is 2. The van der Waals surface area contributed by atoms with E-state index >= 15 is 0 Å². The van der Waals surface area contributed by atoms with Gasteiger partial charge < -0.3 is 19.4 Å². The normalized spacial score (nSPS) is 11.2. The highest BCUT2D eigenvalue weighted by Gasteiger charge is 2.18. The highest BCUT2D eigenvalue weighted by molar-refractivity contribution is 7.93. The van der Waals surface area contributed by atoms with Gasteiger partial charge in [0.15, 0.2) is 5.75 Å². The number of aryl methyl sites for hydroxylation is 1. The van der Waals surface area contributed by atoms with Gasteiger partial charge >= 0.3 is 11.7 Å². The predicted octanol–water partition coefficient (Wildman–Crippen LogP) is 2.89. The average molecular weight is 522 g/mol. The third-order valence-electron chi connectivity index (χ3n) is 5.08. The molecule has 0 saturated heterocycles. The lowest BCUT2D eigenvalue weighted by atomic mass is 9.99. The maximum atomic E-state index is 12.8. The first kappa shape index (κ1) is 26.0. The second-order valence-corrected chi connectivity index (χ2v) is 10.1. The Morgan fingerprint density at radius 1 is 1.17 bits per heavy atom. The van der Waals surface area contributed by atoms with Crippen LogP contribution in [0.2, 0.25) is 5.02 Å². The van der Waals surface area contributed by atoms with Crippen LogP contribution in [0.15, 0.2) is 45.6 Å². The summed E-state index contributed by atoms with van der Waals surface area (Å²) in [4.78, 5) is 37.3. The van der Waals surface area contributed by atoms with Crippen molar-refractivity contribution in [3.05, 3.63) is 68.5 Å². The van der Waals surface area contributed by atoms with Crippen LogP contribution in [0.1, 0.15) is 16.7 Å². The number of fused-ring (bicyclic) bond motifs is 1. The summed E-state index contributed by atoms with van der Waals surface area (Å²) >= 11 is 6.30. The van der Waals surface area contributed by atoms with E-state index in [9.17, 15) is 22.8 Å². The minimum atomic E-state index is -3.90. The zero-order valence-corrected chi connectivity index (χ0v) is 21.0. The van der Waals surface area contributed by atoms with Crippen molar-refractivity contribution in [1.82, 2.24) is 10.2 Å². The molecule has 0 saturated carbocycles. The van der Waals surface area contributed by atoms with Gasteiger partial charge in [-0.05, 0) is 36.2 Å². The molecule has 2 amide bonds. The van der Waals surface area contributed by atoms with Crippen molar-refractivity contribution in [2.45, 2.75) is 13.3 Å². The molecule has 1 heterocycles. The van der Waals surface area contributed by atoms with E-state index in [1.54, 1.807) is 31.2 Å². The zero-order chi connectivity index (χ0) is 25.9. The lowest BCUT2D eigenvalue weighted by Gasteiger charge is -2.14. The summed E-state index contributed by atoms with van der Waals surface area (Å²) in [6, 6.07) is 9.42. The van der Waals surface area contributed by atoms with E-state index in [4.69, 9.17) is 20.8 Å². The summed E-state index contributed by atoms with van der Waals surface area (Å²) in [7, 11) is 0.495. The van der Waals surface area contributed by atoms with Crippen LogP contribution >= 0.6 is 11.6 Å². The van der Waals surface area contributed by atoms with Gasteiger partial charge in [0.25, 0.3) is 0 Å². The van der Waals surface area contributed by atoms with Crippen molar-refractivity contribution in [3.63, 3.8) is 0 Å². The number of carbonyl (C=O) groups excluding carboxylic acids is 2. The molecule has 0 bridgehead atoms. The largest absolute Gasteiger partial charge is 0.422 e. The molecule has 0 aliphatic heterocycles. The van der Waals surface area contributed by atoms with Gasteiger partial charge in [-0.3, -0.25) is 9.52 Å². The lowest BCUT2D eigenvalue weighted by Crippen LogP contribution is -2.30. The Morgan fingerprint density at radius 2 is 1.89 bits per heavy atom. The first-order chi connectivity index (χ1) is 16.4. The number of rotatable bonds is 7. The first-order valence-electron chi connectivity index (χ1n) is 10.3. The number of hydrogen-bond acceptors (Lipinski definition) is 7. The molecule has 0 aliphatic carbocycles. The summed E-state index contributed by atoms with van der Waals surface area (Å²) < 4.78 is 37.4. The van der Waals surface area contributed by atoms with E-state index in [1.165, 1.54) is 38.2 Å². The van der Waals surface area contributed by atoms with Crippen molar-refractivity contribution in [2.75, 3.05) is 31.6 Å². The molecule has 0 spiro atoms. The number of amides is 2. The minimum absolute atomic E-state index is 0.0601. The highest BCUT2D eigenvalue weighted by Crippen LogP contribution is 2.32. The second-order valence-electron chi connectivity index (χ2n) is 7.95. The second kappa shape index (κ2) is 10.4. The Morgan fingerprint density at radius 3 is 2.54 bits per heavy atom. The van der Waals surface area contributed by atoms with Crippen LogP contribution in [0.4, 0.5) is 10.5 Å². The van der Waals surface area contributed by atoms with Gasteiger partial charge in [0.05, 0.1) is 5.02 Å². The molecule has 2 N–H and O–H groups in total. The van der Waals surface area contributed by atoms with Crippen molar-refractivity contribution < 1.29 is 27.2 Å². The van der Waals surface area contributed by atoms with E-state index in [0.717, 1.165) is 0 Å². The SMILES string of the molecule is CNC(=O)CS(=O)(=O)Nc1cccc(Cc2c(C)c3cc(Cl)c(OC(=O)N(C)C)cc3oc2=O)c1. The van der Waals surface area contributed by atoms with E-state index in [1.807, 2.05) is 0 Å². The number of halogens is 1. The molecule has 3 rings (SSSR count). The van der Waals surface area contributed by atoms with Gasteiger partial charge in [-0.1, -0.05) is 23.7 Å². The predicted molar refractivity (Wildman–Crippen MR) is 133 cm³/mol. The molecule has 0 unspecified atom stereocenters. The van der Waals surface area contributed by atoms with Gasteiger partial charge in [0.2, 0.25) is 15.9 Å². The topological polar surface area (TPSA) is 135 Å². The molecule has 0 fully saturated rings. The molecule has 186 valence electrons. The van der Waals surface area contributed by atoms with E-state index in [0.29, 0.717) is 22.1 Å². The molecular formula is C23H24ClN3O7S. The standard InChI is InChI=1S/C23H24ClN3O7S/c1-13-16-10-18(24)20(34-23(30)27(3)4)11-19(16)33-22(29)17(13)9-14-6-5-7-15(8-14)26-35(31,32)12-21(28)25-2/h5-8,10-11,26H,9,12H2,1-4H3,(H,25,28). The van der Waals surface area contributed by atoms with Crippen LogP contribution in [0.3, 0.4) is 0 Å². The fourth-order valence-corrected chi connectivity index (χ4v) is 4.52. The van der Waals surface area contributed by atoms with Crippen molar-refractivity contribution in [1.29, 1.82) is 0 Å². The van der Waals surface area contributed by atoms with Crippen LogP contribution in [0.5, 0.6) is 5.75 Å². The molecular weight excluding hydrogens is 498 g/mol. The Labute approximate surface area is 206 Å². The number of benzene rings is 2. The number of anilines is 1. The Bertz CT molecular complexity index is 1470. The van der Waals surface area contributed by atoms with Crippen LogP contribution < -0.4 is 20.4 Å². The fourth-order valence-electron chi connectivity index (χ4n) is 3.27. The van der Waals surface area contributed by atoms with Gasteiger partial charge in [-0.25, -0.2) is 18.0 Å². The van der Waals surface area contributed by atoms with Gasteiger partial charge in [-0.15, -0.1) is 0 Å². The van der Waals surface area contributed by atoms with E-state index in [-0.39, 0.29) is 28.5 Å². The fraction of sp³-hybridized carbons (Fsp3) is 0.261. The number of hydrogen-bond donors (Lipinski definition) is 2. The molecule has 35 heavy (non-hydrogen) atoms. The maximum absolute atomic E-state index is 12.8. The van der Waals surface area contributed by atoms with E-state index in [2.05, 4.69) is 10.0 Å².